The van der Waals surface area contributed by atoms with Gasteiger partial charge in [-0.1, -0.05) is 18.2 Å². The number of benzene rings is 1. The molecule has 1 fully saturated rings. The molecule has 1 amide bonds. The van der Waals surface area contributed by atoms with E-state index in [1.165, 1.54) is 0 Å². The molecule has 0 spiro atoms. The predicted molar refractivity (Wildman–Crippen MR) is 74.7 cm³/mol. The van der Waals surface area contributed by atoms with Gasteiger partial charge in [0.15, 0.2) is 0 Å². The molecule has 0 aliphatic heterocycles. The van der Waals surface area contributed by atoms with Crippen LogP contribution >= 0.6 is 0 Å². The molecule has 0 unspecified atom stereocenters. The molecule has 0 atom stereocenters. The first kappa shape index (κ1) is 14.9. The number of hydrogen-bond acceptors (Lipinski definition) is 2. The summed E-state index contributed by atoms with van der Waals surface area (Å²) in [6, 6.07) is 7.52. The summed E-state index contributed by atoms with van der Waals surface area (Å²) in [4.78, 5) is 12.2. The molecule has 1 saturated carbocycles. The van der Waals surface area contributed by atoms with E-state index < -0.39 is 5.92 Å². The highest BCUT2D eigenvalue weighted by atomic mass is 19.3. The molecular formula is C15H20F2N2O. The van der Waals surface area contributed by atoms with Crippen LogP contribution in [0.4, 0.5) is 14.5 Å². The van der Waals surface area contributed by atoms with Gasteiger partial charge in [0.2, 0.25) is 11.8 Å². The van der Waals surface area contributed by atoms with Gasteiger partial charge in [-0.3, -0.25) is 4.79 Å². The molecule has 3 nitrogen and oxygen atoms in total. The molecule has 0 bridgehead atoms. The third-order valence-electron chi connectivity index (χ3n) is 3.73. The quantitative estimate of drug-likeness (QED) is 0.890. The minimum atomic E-state index is -2.60. The molecule has 0 aromatic heterocycles. The summed E-state index contributed by atoms with van der Waals surface area (Å²) in [5, 5.41) is 5.91. The molecule has 0 radical (unpaired) electrons. The lowest BCUT2D eigenvalue weighted by Crippen LogP contribution is -2.32. The number of rotatable bonds is 4. The molecule has 20 heavy (non-hydrogen) atoms. The Hall–Kier alpha value is -1.49. The molecule has 1 aromatic rings. The van der Waals surface area contributed by atoms with Crippen LogP contribution in [-0.4, -0.2) is 18.9 Å². The summed E-state index contributed by atoms with van der Waals surface area (Å²) < 4.78 is 26.2. The maximum Gasteiger partial charge on any atom is 0.248 e. The van der Waals surface area contributed by atoms with Gasteiger partial charge in [0.05, 0.1) is 0 Å². The lowest BCUT2D eigenvalue weighted by atomic mass is 9.86. The largest absolute Gasteiger partial charge is 0.326 e. The lowest BCUT2D eigenvalue weighted by molar-refractivity contribution is -0.124. The number of carbonyl (C=O) groups excluding carboxylic acids is 1. The number of nitrogens with one attached hydrogen (secondary N) is 2. The molecule has 0 saturated heterocycles. The second kappa shape index (κ2) is 6.31. The van der Waals surface area contributed by atoms with Crippen LogP contribution in [0.25, 0.3) is 0 Å². The van der Waals surface area contributed by atoms with Crippen LogP contribution in [0, 0.1) is 5.92 Å². The van der Waals surface area contributed by atoms with Gasteiger partial charge in [-0.2, -0.15) is 0 Å². The summed E-state index contributed by atoms with van der Waals surface area (Å²) in [6.07, 6.45) is 0.132. The van der Waals surface area contributed by atoms with Gasteiger partial charge >= 0.3 is 0 Å². The van der Waals surface area contributed by atoms with Gasteiger partial charge in [-0.15, -0.1) is 0 Å². The molecule has 1 aliphatic rings. The van der Waals surface area contributed by atoms with Crippen LogP contribution in [0.15, 0.2) is 24.3 Å². The topological polar surface area (TPSA) is 41.1 Å². The van der Waals surface area contributed by atoms with Crippen molar-refractivity contribution >= 4 is 11.6 Å². The number of amides is 1. The lowest BCUT2D eigenvalue weighted by Gasteiger charge is -2.27. The number of hydrogen-bond donors (Lipinski definition) is 2. The molecule has 110 valence electrons. The Balaban J connectivity index is 1.98. The summed E-state index contributed by atoms with van der Waals surface area (Å²) in [7, 11) is 1.84. The van der Waals surface area contributed by atoms with Crippen molar-refractivity contribution in [1.29, 1.82) is 0 Å². The fourth-order valence-electron chi connectivity index (χ4n) is 2.52. The van der Waals surface area contributed by atoms with Gasteiger partial charge in [0.25, 0.3) is 0 Å². The molecular weight excluding hydrogens is 262 g/mol. The molecule has 2 N–H and O–H groups in total. The van der Waals surface area contributed by atoms with Gasteiger partial charge in [0.1, 0.15) is 0 Å². The average molecular weight is 282 g/mol. The van der Waals surface area contributed by atoms with E-state index in [9.17, 15) is 13.6 Å². The number of alkyl halides is 2. The zero-order valence-electron chi connectivity index (χ0n) is 11.6. The van der Waals surface area contributed by atoms with Crippen LogP contribution in [-0.2, 0) is 11.3 Å². The maximum absolute atomic E-state index is 13.1. The number of halogens is 2. The molecule has 1 aliphatic carbocycles. The normalized spacial score (nSPS) is 18.8. The Labute approximate surface area is 117 Å². The van der Waals surface area contributed by atoms with Crippen molar-refractivity contribution in [2.75, 3.05) is 12.4 Å². The number of para-hydroxylation sites is 1. The Morgan fingerprint density at radius 3 is 2.60 bits per heavy atom. The van der Waals surface area contributed by atoms with Gasteiger partial charge < -0.3 is 10.6 Å². The van der Waals surface area contributed by atoms with E-state index in [1.807, 2.05) is 31.3 Å². The van der Waals surface area contributed by atoms with Crippen LogP contribution in [0.1, 0.15) is 31.2 Å². The van der Waals surface area contributed by atoms with Gasteiger partial charge in [0, 0.05) is 31.0 Å². The van der Waals surface area contributed by atoms with Crippen molar-refractivity contribution in [2.24, 2.45) is 5.92 Å². The van der Waals surface area contributed by atoms with E-state index in [2.05, 4.69) is 10.6 Å². The first-order chi connectivity index (χ1) is 9.52. The summed E-state index contributed by atoms with van der Waals surface area (Å²) in [6.45, 7) is 0.652. The maximum atomic E-state index is 13.1. The Morgan fingerprint density at radius 2 is 1.95 bits per heavy atom. The second-order valence-electron chi connectivity index (χ2n) is 5.31. The van der Waals surface area contributed by atoms with Crippen molar-refractivity contribution in [3.63, 3.8) is 0 Å². The number of anilines is 1. The SMILES string of the molecule is CNCc1ccccc1NC(=O)C1CCC(F)(F)CC1. The zero-order valence-corrected chi connectivity index (χ0v) is 11.6. The van der Waals surface area contributed by atoms with Crippen LogP contribution in [0.5, 0.6) is 0 Å². The first-order valence-corrected chi connectivity index (χ1v) is 6.93. The monoisotopic (exact) mass is 282 g/mol. The highest BCUT2D eigenvalue weighted by Crippen LogP contribution is 2.36. The number of carbonyl (C=O) groups is 1. The van der Waals surface area contributed by atoms with Crippen molar-refractivity contribution in [1.82, 2.24) is 5.32 Å². The summed E-state index contributed by atoms with van der Waals surface area (Å²) >= 11 is 0. The van der Waals surface area contributed by atoms with E-state index in [0.717, 1.165) is 11.3 Å². The van der Waals surface area contributed by atoms with Crippen molar-refractivity contribution < 1.29 is 13.6 Å². The molecule has 1 aromatic carbocycles. The molecule has 0 heterocycles. The Kier molecular flexibility index (Phi) is 4.70. The van der Waals surface area contributed by atoms with Crippen LogP contribution < -0.4 is 10.6 Å². The molecule has 5 heteroatoms. The zero-order chi connectivity index (χ0) is 14.6. The van der Waals surface area contributed by atoms with Gasteiger partial charge in [-0.05, 0) is 31.5 Å². The fourth-order valence-corrected chi connectivity index (χ4v) is 2.52. The minimum Gasteiger partial charge on any atom is -0.326 e. The van der Waals surface area contributed by atoms with E-state index in [1.54, 1.807) is 0 Å². The van der Waals surface area contributed by atoms with Crippen LogP contribution in [0.3, 0.4) is 0 Å². The predicted octanol–water partition coefficient (Wildman–Crippen LogP) is 3.17. The van der Waals surface area contributed by atoms with Crippen molar-refractivity contribution in [2.45, 2.75) is 38.2 Å². The summed E-state index contributed by atoms with van der Waals surface area (Å²) in [5.41, 5.74) is 1.74. The second-order valence-corrected chi connectivity index (χ2v) is 5.31. The Morgan fingerprint density at radius 1 is 1.30 bits per heavy atom. The highest BCUT2D eigenvalue weighted by molar-refractivity contribution is 5.93. The first-order valence-electron chi connectivity index (χ1n) is 6.93. The highest BCUT2D eigenvalue weighted by Gasteiger charge is 2.37. The standard InChI is InChI=1S/C15H20F2N2O/c1-18-10-12-4-2-3-5-13(12)19-14(20)11-6-8-15(16,17)9-7-11/h2-5,11,18H,6-10H2,1H3,(H,19,20). The molecule has 2 rings (SSSR count). The average Bonchev–Trinajstić information content (AvgIpc) is 2.41. The van der Waals surface area contributed by atoms with Crippen molar-refractivity contribution in [3.05, 3.63) is 29.8 Å². The van der Waals surface area contributed by atoms with Crippen molar-refractivity contribution in [3.8, 4) is 0 Å². The van der Waals surface area contributed by atoms with E-state index in [-0.39, 0.29) is 37.5 Å². The van der Waals surface area contributed by atoms with E-state index in [0.29, 0.717) is 6.54 Å². The van der Waals surface area contributed by atoms with Gasteiger partial charge in [-0.25, -0.2) is 8.78 Å². The minimum absolute atomic E-state index is 0.149. The van der Waals surface area contributed by atoms with Crippen LogP contribution in [0.2, 0.25) is 0 Å². The smallest absolute Gasteiger partial charge is 0.248 e. The third kappa shape index (κ3) is 3.76. The summed E-state index contributed by atoms with van der Waals surface area (Å²) in [5.74, 6) is -3.05. The van der Waals surface area contributed by atoms with E-state index in [4.69, 9.17) is 0 Å². The third-order valence-corrected chi connectivity index (χ3v) is 3.73. The Bertz CT molecular complexity index is 467. The van der Waals surface area contributed by atoms with E-state index >= 15 is 0 Å². The fraction of sp³-hybridized carbons (Fsp3) is 0.533.